The second-order valence-electron chi connectivity index (χ2n) is 11.0. The Balaban J connectivity index is 1.46. The first-order valence-electron chi connectivity index (χ1n) is 12.4. The topological polar surface area (TPSA) is 29.5 Å². The molecule has 2 unspecified atom stereocenters. The third-order valence-electron chi connectivity index (χ3n) is 9.34. The number of hydrogen-bond donors (Lipinski definition) is 0. The lowest BCUT2D eigenvalue weighted by Crippen LogP contribution is -2.65. The molecule has 1 aliphatic heterocycles. The van der Waals surface area contributed by atoms with Crippen molar-refractivity contribution >= 4 is 5.91 Å². The highest BCUT2D eigenvalue weighted by Gasteiger charge is 2.57. The van der Waals surface area contributed by atoms with Gasteiger partial charge in [0.15, 0.2) is 0 Å². The zero-order chi connectivity index (χ0) is 22.5. The molecule has 0 N–H and O–H groups in total. The summed E-state index contributed by atoms with van der Waals surface area (Å²) in [7, 11) is 1.80. The lowest BCUT2D eigenvalue weighted by atomic mass is 9.51. The summed E-state index contributed by atoms with van der Waals surface area (Å²) in [6, 6.07) is 18.0. The minimum atomic E-state index is 0.0475. The van der Waals surface area contributed by atoms with Gasteiger partial charge in [-0.05, 0) is 66.2 Å². The van der Waals surface area contributed by atoms with Crippen molar-refractivity contribution in [2.24, 2.45) is 11.3 Å². The molecule has 2 aromatic rings. The molecule has 3 aliphatic rings. The van der Waals surface area contributed by atoms with E-state index in [0.29, 0.717) is 12.0 Å². The van der Waals surface area contributed by atoms with Crippen LogP contribution in [0.3, 0.4) is 0 Å². The van der Waals surface area contributed by atoms with Crippen LogP contribution < -0.4 is 0 Å². The summed E-state index contributed by atoms with van der Waals surface area (Å²) in [6.45, 7) is 8.11. The van der Waals surface area contributed by atoms with Crippen molar-refractivity contribution in [3.05, 3.63) is 59.7 Å². The molecule has 1 amide bonds. The van der Waals surface area contributed by atoms with Gasteiger partial charge in [0.25, 0.3) is 0 Å². The van der Waals surface area contributed by atoms with Crippen molar-refractivity contribution in [1.29, 1.82) is 0 Å². The van der Waals surface area contributed by atoms with Gasteiger partial charge in [0.2, 0.25) is 5.91 Å². The second kappa shape index (κ2) is 8.02. The smallest absolute Gasteiger partial charge is 0.225 e. The number of carbonyl (C=O) groups is 1. The van der Waals surface area contributed by atoms with Crippen molar-refractivity contribution in [3.63, 3.8) is 0 Å². The number of ether oxygens (including phenoxy) is 1. The normalized spacial score (nSPS) is 31.1. The number of benzene rings is 2. The van der Waals surface area contributed by atoms with E-state index in [9.17, 15) is 4.79 Å². The maximum absolute atomic E-state index is 13.7. The monoisotopic (exact) mass is 431 g/mol. The summed E-state index contributed by atoms with van der Waals surface area (Å²) in [6.07, 6.45) is 6.27. The number of rotatable bonds is 3. The largest absolute Gasteiger partial charge is 0.381 e. The predicted molar refractivity (Wildman–Crippen MR) is 130 cm³/mol. The Morgan fingerprint density at radius 1 is 0.969 bits per heavy atom. The standard InChI is InChI=1S/C29H37NO2/c1-28(2)26-19-23-18-22(20-8-6-5-7-9-20)12-15-25(23)29(28,3)16-17-30(26)27(31)21-10-13-24(32-4)14-11-21/h5-9,12,15,18,21,24,26H,10-11,13-14,16-17,19H2,1-4H3. The predicted octanol–water partition coefficient (Wildman–Crippen LogP) is 6.00. The summed E-state index contributed by atoms with van der Waals surface area (Å²) in [5, 5.41) is 0. The molecule has 1 saturated carbocycles. The van der Waals surface area contributed by atoms with Crippen LogP contribution in [0, 0.1) is 11.3 Å². The number of likely N-dealkylation sites (tertiary alicyclic amines) is 1. The number of amides is 1. The Morgan fingerprint density at radius 2 is 1.69 bits per heavy atom. The van der Waals surface area contributed by atoms with Crippen LogP contribution in [0.15, 0.2) is 48.5 Å². The molecule has 0 spiro atoms. The Morgan fingerprint density at radius 3 is 2.38 bits per heavy atom. The zero-order valence-corrected chi connectivity index (χ0v) is 20.1. The number of methoxy groups -OCH3 is 1. The highest BCUT2D eigenvalue weighted by molar-refractivity contribution is 5.80. The van der Waals surface area contributed by atoms with Gasteiger partial charge in [-0.25, -0.2) is 0 Å². The average molecular weight is 432 g/mol. The van der Waals surface area contributed by atoms with Crippen molar-refractivity contribution < 1.29 is 9.53 Å². The second-order valence-corrected chi connectivity index (χ2v) is 11.0. The van der Waals surface area contributed by atoms with E-state index < -0.39 is 0 Å². The van der Waals surface area contributed by atoms with Crippen molar-refractivity contribution in [2.75, 3.05) is 13.7 Å². The van der Waals surface area contributed by atoms with Crippen LogP contribution in [-0.4, -0.2) is 36.6 Å². The first kappa shape index (κ1) is 21.7. The van der Waals surface area contributed by atoms with E-state index in [2.05, 4.69) is 74.2 Å². The molecule has 3 heteroatoms. The average Bonchev–Trinajstić information content (AvgIpc) is 2.81. The van der Waals surface area contributed by atoms with Crippen LogP contribution in [0.5, 0.6) is 0 Å². The van der Waals surface area contributed by atoms with Gasteiger partial charge in [0.1, 0.15) is 0 Å². The quantitative estimate of drug-likeness (QED) is 0.596. The molecular weight excluding hydrogens is 394 g/mol. The summed E-state index contributed by atoms with van der Waals surface area (Å²) in [4.78, 5) is 16.0. The van der Waals surface area contributed by atoms with E-state index in [-0.39, 0.29) is 22.8 Å². The van der Waals surface area contributed by atoms with Gasteiger partial charge in [-0.3, -0.25) is 4.79 Å². The van der Waals surface area contributed by atoms with Gasteiger partial charge < -0.3 is 9.64 Å². The van der Waals surface area contributed by atoms with Crippen molar-refractivity contribution in [1.82, 2.24) is 4.90 Å². The van der Waals surface area contributed by atoms with E-state index >= 15 is 0 Å². The van der Waals surface area contributed by atoms with E-state index in [4.69, 9.17) is 4.74 Å². The van der Waals surface area contributed by atoms with Crippen LogP contribution >= 0.6 is 0 Å². The lowest BCUT2D eigenvalue weighted by molar-refractivity contribution is -0.150. The van der Waals surface area contributed by atoms with Gasteiger partial charge in [-0.2, -0.15) is 0 Å². The molecule has 1 saturated heterocycles. The Labute approximate surface area is 193 Å². The SMILES string of the molecule is COC1CCC(C(=O)N2CCC3(C)c4ccc(-c5ccccc5)cc4CC2C3(C)C)CC1. The molecule has 2 aliphatic carbocycles. The van der Waals surface area contributed by atoms with Gasteiger partial charge in [-0.1, -0.05) is 69.3 Å². The fourth-order valence-corrected chi connectivity index (χ4v) is 6.79. The van der Waals surface area contributed by atoms with Gasteiger partial charge in [0.05, 0.1) is 6.10 Å². The van der Waals surface area contributed by atoms with Gasteiger partial charge in [-0.15, -0.1) is 0 Å². The Hall–Kier alpha value is -2.13. The summed E-state index contributed by atoms with van der Waals surface area (Å²) in [5.74, 6) is 0.556. The molecule has 2 atom stereocenters. The number of carbonyl (C=O) groups excluding carboxylic acids is 1. The van der Waals surface area contributed by atoms with Crippen molar-refractivity contribution in [2.45, 2.75) is 76.9 Å². The molecule has 2 aromatic carbocycles. The Bertz CT molecular complexity index is 989. The number of nitrogens with zero attached hydrogens (tertiary/aromatic N) is 1. The third kappa shape index (κ3) is 3.32. The molecule has 3 nitrogen and oxygen atoms in total. The van der Waals surface area contributed by atoms with Crippen LogP contribution in [0.4, 0.5) is 0 Å². The Kier molecular flexibility index (Phi) is 5.44. The van der Waals surface area contributed by atoms with E-state index in [1.165, 1.54) is 22.3 Å². The van der Waals surface area contributed by atoms with E-state index in [0.717, 1.165) is 45.1 Å². The highest BCUT2D eigenvalue weighted by Crippen LogP contribution is 2.56. The lowest BCUT2D eigenvalue weighted by Gasteiger charge is -2.61. The molecular formula is C29H37NO2. The van der Waals surface area contributed by atoms with Crippen LogP contribution in [0.2, 0.25) is 0 Å². The van der Waals surface area contributed by atoms with Crippen LogP contribution in [0.1, 0.15) is 64.0 Å². The number of fused-ring (bicyclic) bond motifs is 4. The number of piperidine rings is 1. The maximum atomic E-state index is 13.7. The minimum absolute atomic E-state index is 0.0475. The fraction of sp³-hybridized carbons (Fsp3) is 0.552. The first-order chi connectivity index (χ1) is 15.3. The molecule has 5 rings (SSSR count). The molecule has 0 radical (unpaired) electrons. The van der Waals surface area contributed by atoms with Gasteiger partial charge in [0, 0.05) is 31.0 Å². The highest BCUT2D eigenvalue weighted by atomic mass is 16.5. The zero-order valence-electron chi connectivity index (χ0n) is 20.1. The number of hydrogen-bond acceptors (Lipinski definition) is 2. The van der Waals surface area contributed by atoms with Crippen molar-refractivity contribution in [3.8, 4) is 11.1 Å². The molecule has 0 aromatic heterocycles. The third-order valence-corrected chi connectivity index (χ3v) is 9.34. The first-order valence-corrected chi connectivity index (χ1v) is 12.4. The van der Waals surface area contributed by atoms with Crippen LogP contribution in [0.25, 0.3) is 11.1 Å². The van der Waals surface area contributed by atoms with E-state index in [1.54, 1.807) is 7.11 Å². The minimum Gasteiger partial charge on any atom is -0.381 e. The summed E-state index contributed by atoms with van der Waals surface area (Å²) in [5.41, 5.74) is 5.60. The molecule has 2 fully saturated rings. The summed E-state index contributed by atoms with van der Waals surface area (Å²) < 4.78 is 5.54. The molecule has 32 heavy (non-hydrogen) atoms. The van der Waals surface area contributed by atoms with E-state index in [1.807, 2.05) is 0 Å². The van der Waals surface area contributed by atoms with Crippen LogP contribution in [-0.2, 0) is 21.4 Å². The molecule has 1 heterocycles. The molecule has 170 valence electrons. The van der Waals surface area contributed by atoms with Gasteiger partial charge >= 0.3 is 0 Å². The fourth-order valence-electron chi connectivity index (χ4n) is 6.79. The molecule has 2 bridgehead atoms. The maximum Gasteiger partial charge on any atom is 0.225 e. The summed E-state index contributed by atoms with van der Waals surface area (Å²) >= 11 is 0.